The predicted molar refractivity (Wildman–Crippen MR) is 133 cm³/mol. The molecule has 0 aromatic carbocycles. The van der Waals surface area contributed by atoms with Gasteiger partial charge in [-0.2, -0.15) is 0 Å². The fourth-order valence-corrected chi connectivity index (χ4v) is 3.50. The Labute approximate surface area is 206 Å². The number of aromatic nitrogens is 3. The van der Waals surface area contributed by atoms with Gasteiger partial charge in [0.1, 0.15) is 34.7 Å². The molecule has 0 unspecified atom stereocenters. The molecule has 0 saturated carbocycles. The summed E-state index contributed by atoms with van der Waals surface area (Å²) >= 11 is 6.34. The molecular weight excluding hydrogens is 476 g/mol. The molecule has 0 N–H and O–H groups in total. The van der Waals surface area contributed by atoms with E-state index < -0.39 is 17.2 Å². The first-order valence-electron chi connectivity index (χ1n) is 10.7. The molecule has 0 radical (unpaired) electrons. The Morgan fingerprint density at radius 3 is 2.60 bits per heavy atom. The van der Waals surface area contributed by atoms with Crippen LogP contribution in [-0.2, 0) is 6.61 Å². The zero-order valence-electron chi connectivity index (χ0n) is 19.8. The quantitative estimate of drug-likeness (QED) is 0.332. The van der Waals surface area contributed by atoms with Gasteiger partial charge in [0.15, 0.2) is 5.82 Å². The van der Waals surface area contributed by atoms with Crippen LogP contribution in [0.2, 0.25) is 5.02 Å². The number of ether oxygens (including phenoxy) is 1. The van der Waals surface area contributed by atoms with E-state index in [1.54, 1.807) is 38.4 Å². The van der Waals surface area contributed by atoms with E-state index in [-0.39, 0.29) is 23.1 Å². The Bertz CT molecular complexity index is 1400. The van der Waals surface area contributed by atoms with Gasteiger partial charge in [-0.15, -0.1) is 0 Å². The topological polar surface area (TPSA) is 81.7 Å². The summed E-state index contributed by atoms with van der Waals surface area (Å²) in [5.41, 5.74) is 2.18. The fraction of sp³-hybridized carbons (Fsp3) is 0.240. The van der Waals surface area contributed by atoms with E-state index in [9.17, 15) is 13.6 Å². The van der Waals surface area contributed by atoms with E-state index in [1.165, 1.54) is 4.57 Å². The lowest BCUT2D eigenvalue weighted by atomic mass is 10.1. The molecule has 0 aliphatic rings. The van der Waals surface area contributed by atoms with Crippen LogP contribution < -0.4 is 10.3 Å². The smallest absolute Gasteiger partial charge is 0.277 e. The van der Waals surface area contributed by atoms with E-state index in [0.29, 0.717) is 41.1 Å². The minimum Gasteiger partial charge on any atom is -0.485 e. The van der Waals surface area contributed by atoms with Gasteiger partial charge in [-0.3, -0.25) is 24.3 Å². The van der Waals surface area contributed by atoms with Gasteiger partial charge in [-0.1, -0.05) is 25.1 Å². The van der Waals surface area contributed by atoms with Gasteiger partial charge < -0.3 is 4.74 Å². The molecule has 0 spiro atoms. The van der Waals surface area contributed by atoms with Crippen LogP contribution in [0.4, 0.5) is 8.78 Å². The highest BCUT2D eigenvalue weighted by Crippen LogP contribution is 2.26. The summed E-state index contributed by atoms with van der Waals surface area (Å²) in [6.07, 6.45) is 4.72. The fourth-order valence-electron chi connectivity index (χ4n) is 3.31. The number of aryl methyl sites for hydroxylation is 2. The third-order valence-corrected chi connectivity index (χ3v) is 5.49. The van der Waals surface area contributed by atoms with Crippen LogP contribution in [0, 0.1) is 25.5 Å². The molecule has 0 saturated heterocycles. The van der Waals surface area contributed by atoms with Crippen LogP contribution in [0.3, 0.4) is 0 Å². The zero-order valence-corrected chi connectivity index (χ0v) is 20.5. The van der Waals surface area contributed by atoms with Crippen LogP contribution in [0.1, 0.15) is 36.0 Å². The van der Waals surface area contributed by atoms with Crippen LogP contribution in [-0.4, -0.2) is 33.1 Å². The maximum atomic E-state index is 13.9. The van der Waals surface area contributed by atoms with Crippen molar-refractivity contribution in [1.82, 2.24) is 14.5 Å². The second-order valence-electron chi connectivity index (χ2n) is 7.53. The SMILES string of the molecule is C=C/C(=N\C(CC)=N/C)c1cc(-n2c(C)cc(OCc3ncc(F)cc3F)c(Cl)c2=O)c(C)cn1. The lowest BCUT2D eigenvalue weighted by Crippen LogP contribution is -2.23. The van der Waals surface area contributed by atoms with Crippen molar-refractivity contribution in [3.63, 3.8) is 0 Å². The van der Waals surface area contributed by atoms with Crippen LogP contribution in [0.5, 0.6) is 5.75 Å². The largest absolute Gasteiger partial charge is 0.485 e. The van der Waals surface area contributed by atoms with E-state index in [4.69, 9.17) is 16.3 Å². The molecule has 10 heteroatoms. The molecule has 0 aliphatic carbocycles. The first kappa shape index (κ1) is 25.9. The zero-order chi connectivity index (χ0) is 25.7. The van der Waals surface area contributed by atoms with Crippen LogP contribution in [0.15, 0.2) is 58.0 Å². The molecule has 0 amide bonds. The molecule has 3 aromatic heterocycles. The second-order valence-corrected chi connectivity index (χ2v) is 7.90. The number of pyridine rings is 3. The Hall–Kier alpha value is -3.72. The standard InChI is InChI=1S/C25H24ClF2N5O2/c1-6-18(32-23(7-2)29-5)19-10-21(14(3)11-30-19)33-15(4)8-22(24(26)25(33)34)35-13-20-17(28)9-16(27)12-31-20/h6,8-12H,1,7,13H2,2-5H3/b29-23-,32-18+. The van der Waals surface area contributed by atoms with Crippen LogP contribution >= 0.6 is 11.6 Å². The van der Waals surface area contributed by atoms with E-state index in [0.717, 1.165) is 11.8 Å². The predicted octanol–water partition coefficient (Wildman–Crippen LogP) is 5.17. The molecule has 0 atom stereocenters. The van der Waals surface area contributed by atoms with Crippen molar-refractivity contribution in [1.29, 1.82) is 0 Å². The second kappa shape index (κ2) is 11.1. The summed E-state index contributed by atoms with van der Waals surface area (Å²) in [7, 11) is 1.66. The van der Waals surface area contributed by atoms with Crippen molar-refractivity contribution in [2.45, 2.75) is 33.8 Å². The Kier molecular flexibility index (Phi) is 8.24. The van der Waals surface area contributed by atoms with E-state index >= 15 is 0 Å². The van der Waals surface area contributed by atoms with Crippen molar-refractivity contribution in [2.75, 3.05) is 7.05 Å². The van der Waals surface area contributed by atoms with Crippen LogP contribution in [0.25, 0.3) is 5.69 Å². The first-order chi connectivity index (χ1) is 16.7. The minimum atomic E-state index is -0.856. The number of amidine groups is 1. The molecule has 35 heavy (non-hydrogen) atoms. The molecule has 0 bridgehead atoms. The third kappa shape index (κ3) is 5.68. The van der Waals surface area contributed by atoms with Gasteiger partial charge in [0.2, 0.25) is 0 Å². The monoisotopic (exact) mass is 499 g/mol. The number of hydrogen-bond donors (Lipinski definition) is 0. The highest BCUT2D eigenvalue weighted by molar-refractivity contribution is 6.31. The van der Waals surface area contributed by atoms with Gasteiger partial charge in [0.25, 0.3) is 5.56 Å². The normalized spacial score (nSPS) is 12.1. The maximum Gasteiger partial charge on any atom is 0.277 e. The molecular formula is C25H24ClF2N5O2. The minimum absolute atomic E-state index is 0.0583. The molecule has 182 valence electrons. The van der Waals surface area contributed by atoms with Crippen molar-refractivity contribution in [3.8, 4) is 11.4 Å². The summed E-state index contributed by atoms with van der Waals surface area (Å²) in [5, 5.41) is -0.195. The Morgan fingerprint density at radius 1 is 1.23 bits per heavy atom. The summed E-state index contributed by atoms with van der Waals surface area (Å²) < 4.78 is 34.0. The number of allylic oxidation sites excluding steroid dienone is 1. The highest BCUT2D eigenvalue weighted by Gasteiger charge is 2.18. The van der Waals surface area contributed by atoms with Gasteiger partial charge >= 0.3 is 0 Å². The maximum absolute atomic E-state index is 13.9. The van der Waals surface area contributed by atoms with E-state index in [2.05, 4.69) is 26.5 Å². The van der Waals surface area contributed by atoms with E-state index in [1.807, 2.05) is 13.8 Å². The summed E-state index contributed by atoms with van der Waals surface area (Å²) in [6.45, 7) is 8.95. The average molecular weight is 500 g/mol. The molecule has 3 rings (SSSR count). The number of halogens is 3. The number of aliphatic imine (C=N–C) groups is 2. The van der Waals surface area contributed by atoms with Gasteiger partial charge in [0, 0.05) is 37.5 Å². The number of hydrogen-bond acceptors (Lipinski definition) is 5. The Morgan fingerprint density at radius 2 is 1.97 bits per heavy atom. The first-order valence-corrected chi connectivity index (χ1v) is 11.1. The summed E-state index contributed by atoms with van der Waals surface area (Å²) in [4.78, 5) is 30.0. The average Bonchev–Trinajstić information content (AvgIpc) is 2.83. The van der Waals surface area contributed by atoms with Crippen molar-refractivity contribution >= 4 is 23.1 Å². The lowest BCUT2D eigenvalue weighted by molar-refractivity contribution is 0.292. The molecule has 3 heterocycles. The highest BCUT2D eigenvalue weighted by atomic mass is 35.5. The van der Waals surface area contributed by atoms with Crippen molar-refractivity contribution in [3.05, 3.63) is 92.9 Å². The molecule has 0 aliphatic heterocycles. The van der Waals surface area contributed by atoms with Gasteiger partial charge in [-0.05, 0) is 31.6 Å². The lowest BCUT2D eigenvalue weighted by Gasteiger charge is -2.17. The molecule has 3 aromatic rings. The number of nitrogens with zero attached hydrogens (tertiary/aromatic N) is 5. The Balaban J connectivity index is 2.03. The summed E-state index contributed by atoms with van der Waals surface area (Å²) in [5.74, 6) is -0.964. The number of rotatable bonds is 7. The third-order valence-electron chi connectivity index (χ3n) is 5.14. The summed E-state index contributed by atoms with van der Waals surface area (Å²) in [6, 6.07) is 3.99. The van der Waals surface area contributed by atoms with Gasteiger partial charge in [0.05, 0.1) is 23.3 Å². The molecule has 7 nitrogen and oxygen atoms in total. The van der Waals surface area contributed by atoms with Crippen molar-refractivity contribution in [2.24, 2.45) is 9.98 Å². The van der Waals surface area contributed by atoms with Crippen molar-refractivity contribution < 1.29 is 13.5 Å². The van der Waals surface area contributed by atoms with Gasteiger partial charge in [-0.25, -0.2) is 13.8 Å². The molecule has 0 fully saturated rings.